The van der Waals surface area contributed by atoms with Crippen LogP contribution in [0.5, 0.6) is 0 Å². The Bertz CT molecular complexity index is 963. The number of carbonyl (C=O) groups is 1. The molecule has 1 aromatic heterocycles. The number of aromatic nitrogens is 2. The van der Waals surface area contributed by atoms with Crippen LogP contribution in [0.15, 0.2) is 46.1 Å². The minimum absolute atomic E-state index is 0.0524. The van der Waals surface area contributed by atoms with E-state index in [4.69, 9.17) is 0 Å². The number of benzene rings is 1. The molecule has 0 bridgehead atoms. The molecule has 0 unspecified atom stereocenters. The lowest BCUT2D eigenvalue weighted by Crippen LogP contribution is -2.32. The first kappa shape index (κ1) is 18.3. The molecule has 1 heterocycles. The predicted octanol–water partition coefficient (Wildman–Crippen LogP) is 1.06. The van der Waals surface area contributed by atoms with Crippen molar-refractivity contribution in [1.82, 2.24) is 14.5 Å². The number of hydrogen-bond donors (Lipinski definition) is 2. The predicted molar refractivity (Wildman–Crippen MR) is 96.4 cm³/mol. The van der Waals surface area contributed by atoms with Crippen molar-refractivity contribution in [2.45, 2.75) is 37.1 Å². The highest BCUT2D eigenvalue weighted by molar-refractivity contribution is 7.89. The van der Waals surface area contributed by atoms with Gasteiger partial charge in [-0.1, -0.05) is 0 Å². The molecule has 0 aliphatic heterocycles. The molecule has 2 aromatic rings. The van der Waals surface area contributed by atoms with Gasteiger partial charge in [0.15, 0.2) is 0 Å². The quantitative estimate of drug-likeness (QED) is 0.751. The number of hydrogen-bond acceptors (Lipinski definition) is 5. The van der Waals surface area contributed by atoms with Gasteiger partial charge in [-0.15, -0.1) is 0 Å². The summed E-state index contributed by atoms with van der Waals surface area (Å²) in [4.78, 5) is 22.9. The van der Waals surface area contributed by atoms with Gasteiger partial charge < -0.3 is 5.32 Å². The molecular formula is C17H20N4O4S. The van der Waals surface area contributed by atoms with E-state index < -0.39 is 10.0 Å². The zero-order chi connectivity index (χ0) is 18.7. The number of nitrogens with zero attached hydrogens (tertiary/aromatic N) is 2. The van der Waals surface area contributed by atoms with E-state index >= 15 is 0 Å². The van der Waals surface area contributed by atoms with Crippen LogP contribution in [0.3, 0.4) is 0 Å². The maximum atomic E-state index is 12.3. The number of carbonyl (C=O) groups excluding carboxylic acids is 1. The Morgan fingerprint density at radius 1 is 1.19 bits per heavy atom. The topological polar surface area (TPSA) is 110 Å². The van der Waals surface area contributed by atoms with Gasteiger partial charge in [-0.3, -0.25) is 9.59 Å². The molecule has 0 spiro atoms. The van der Waals surface area contributed by atoms with Gasteiger partial charge in [0.05, 0.1) is 17.1 Å². The fraction of sp³-hybridized carbons (Fsp3) is 0.353. The normalized spacial score (nSPS) is 14.2. The molecule has 9 heteroatoms. The molecule has 1 amide bonds. The Labute approximate surface area is 151 Å². The summed E-state index contributed by atoms with van der Waals surface area (Å²) in [6.07, 6.45) is 2.15. The molecule has 1 aliphatic rings. The summed E-state index contributed by atoms with van der Waals surface area (Å²) in [7, 11) is -3.71. The van der Waals surface area contributed by atoms with E-state index in [1.807, 2.05) is 0 Å². The summed E-state index contributed by atoms with van der Waals surface area (Å²) in [5, 5.41) is 6.87. The number of sulfonamides is 1. The van der Waals surface area contributed by atoms with Crippen molar-refractivity contribution in [3.8, 4) is 0 Å². The van der Waals surface area contributed by atoms with Crippen molar-refractivity contribution in [3.05, 3.63) is 52.4 Å². The second kappa shape index (κ2) is 7.38. The SMILES string of the molecule is CC(=O)Nc1ccc(S(=O)(=O)NCCn2nc(C3CC3)ccc2=O)cc1. The van der Waals surface area contributed by atoms with E-state index in [9.17, 15) is 18.0 Å². The van der Waals surface area contributed by atoms with Crippen LogP contribution < -0.4 is 15.6 Å². The monoisotopic (exact) mass is 376 g/mol. The minimum atomic E-state index is -3.71. The van der Waals surface area contributed by atoms with Gasteiger partial charge in [-0.05, 0) is 43.2 Å². The van der Waals surface area contributed by atoms with Crippen molar-refractivity contribution in [3.63, 3.8) is 0 Å². The van der Waals surface area contributed by atoms with E-state index in [1.165, 1.54) is 41.9 Å². The zero-order valence-electron chi connectivity index (χ0n) is 14.3. The first-order valence-corrected chi connectivity index (χ1v) is 9.79. The minimum Gasteiger partial charge on any atom is -0.326 e. The maximum Gasteiger partial charge on any atom is 0.266 e. The Hall–Kier alpha value is -2.52. The third-order valence-electron chi connectivity index (χ3n) is 3.98. The van der Waals surface area contributed by atoms with Gasteiger partial charge >= 0.3 is 0 Å². The van der Waals surface area contributed by atoms with E-state index in [1.54, 1.807) is 6.07 Å². The molecule has 138 valence electrons. The van der Waals surface area contributed by atoms with E-state index in [-0.39, 0.29) is 29.5 Å². The standard InChI is InChI=1S/C17H20N4O4S/c1-12(22)19-14-4-6-15(7-5-14)26(24,25)18-10-11-21-17(23)9-8-16(20-21)13-2-3-13/h4-9,13,18H,2-3,10-11H2,1H3,(H,19,22). The second-order valence-corrected chi connectivity index (χ2v) is 7.96. The molecular weight excluding hydrogens is 356 g/mol. The Morgan fingerprint density at radius 3 is 2.50 bits per heavy atom. The summed E-state index contributed by atoms with van der Waals surface area (Å²) in [5.41, 5.74) is 1.14. The highest BCUT2D eigenvalue weighted by atomic mass is 32.2. The average Bonchev–Trinajstić information content (AvgIpc) is 3.41. The Balaban J connectivity index is 1.62. The Kier molecular flexibility index (Phi) is 5.19. The second-order valence-electron chi connectivity index (χ2n) is 6.20. The smallest absolute Gasteiger partial charge is 0.266 e. The molecule has 0 saturated heterocycles. The van der Waals surface area contributed by atoms with Crippen molar-refractivity contribution in [2.24, 2.45) is 0 Å². The van der Waals surface area contributed by atoms with Crippen LogP contribution in [0.2, 0.25) is 0 Å². The average molecular weight is 376 g/mol. The fourth-order valence-electron chi connectivity index (χ4n) is 2.51. The van der Waals surface area contributed by atoms with E-state index in [0.29, 0.717) is 11.6 Å². The molecule has 2 N–H and O–H groups in total. The van der Waals surface area contributed by atoms with E-state index in [2.05, 4.69) is 15.1 Å². The van der Waals surface area contributed by atoms with Gasteiger partial charge in [0.2, 0.25) is 15.9 Å². The summed E-state index contributed by atoms with van der Waals surface area (Å²) < 4.78 is 28.4. The Morgan fingerprint density at radius 2 is 1.88 bits per heavy atom. The number of rotatable bonds is 7. The molecule has 0 atom stereocenters. The van der Waals surface area contributed by atoms with Crippen molar-refractivity contribution in [1.29, 1.82) is 0 Å². The van der Waals surface area contributed by atoms with Crippen LogP contribution in [0.4, 0.5) is 5.69 Å². The molecule has 1 aliphatic carbocycles. The van der Waals surface area contributed by atoms with Crippen LogP contribution >= 0.6 is 0 Å². The summed E-state index contributed by atoms with van der Waals surface area (Å²) in [6, 6.07) is 9.05. The van der Waals surface area contributed by atoms with Crippen LogP contribution in [-0.2, 0) is 21.4 Å². The lowest BCUT2D eigenvalue weighted by Gasteiger charge is -2.09. The third kappa shape index (κ3) is 4.55. The molecule has 0 radical (unpaired) electrons. The lowest BCUT2D eigenvalue weighted by molar-refractivity contribution is -0.114. The fourth-order valence-corrected chi connectivity index (χ4v) is 3.53. The lowest BCUT2D eigenvalue weighted by atomic mass is 10.3. The van der Waals surface area contributed by atoms with Crippen LogP contribution in [0.1, 0.15) is 31.4 Å². The number of anilines is 1. The molecule has 1 aromatic carbocycles. The van der Waals surface area contributed by atoms with Gasteiger partial charge in [-0.25, -0.2) is 17.8 Å². The number of nitrogens with one attached hydrogen (secondary N) is 2. The highest BCUT2D eigenvalue weighted by Crippen LogP contribution is 2.38. The van der Waals surface area contributed by atoms with Gasteiger partial charge in [-0.2, -0.15) is 5.10 Å². The van der Waals surface area contributed by atoms with Crippen molar-refractivity contribution in [2.75, 3.05) is 11.9 Å². The first-order chi connectivity index (χ1) is 12.3. The van der Waals surface area contributed by atoms with Gasteiger partial charge in [0.1, 0.15) is 0 Å². The summed E-state index contributed by atoms with van der Waals surface area (Å²) in [6.45, 7) is 1.58. The molecule has 1 saturated carbocycles. The summed E-state index contributed by atoms with van der Waals surface area (Å²) in [5.74, 6) is 0.186. The maximum absolute atomic E-state index is 12.3. The molecule has 1 fully saturated rings. The van der Waals surface area contributed by atoms with Gasteiger partial charge in [0, 0.05) is 31.1 Å². The van der Waals surface area contributed by atoms with E-state index in [0.717, 1.165) is 18.5 Å². The van der Waals surface area contributed by atoms with Crippen LogP contribution in [0.25, 0.3) is 0 Å². The third-order valence-corrected chi connectivity index (χ3v) is 5.46. The first-order valence-electron chi connectivity index (χ1n) is 8.30. The van der Waals surface area contributed by atoms with Crippen molar-refractivity contribution < 1.29 is 13.2 Å². The zero-order valence-corrected chi connectivity index (χ0v) is 15.1. The molecule has 8 nitrogen and oxygen atoms in total. The largest absolute Gasteiger partial charge is 0.326 e. The van der Waals surface area contributed by atoms with Gasteiger partial charge in [0.25, 0.3) is 5.56 Å². The molecule has 26 heavy (non-hydrogen) atoms. The molecule has 3 rings (SSSR count). The summed E-state index contributed by atoms with van der Waals surface area (Å²) >= 11 is 0. The van der Waals surface area contributed by atoms with Crippen LogP contribution in [0, 0.1) is 0 Å². The highest BCUT2D eigenvalue weighted by Gasteiger charge is 2.25. The number of amides is 1. The van der Waals surface area contributed by atoms with Crippen LogP contribution in [-0.4, -0.2) is 30.7 Å². The van der Waals surface area contributed by atoms with Crippen molar-refractivity contribution >= 4 is 21.6 Å².